The second-order valence-electron chi connectivity index (χ2n) is 8.32. The SMILES string of the molecule is CCN(C)Cc1noc([C@H](CCCC2CCCCC2)CC(=O)NO)n1.CN(C)C=O. The van der Waals surface area contributed by atoms with E-state index in [1.165, 1.54) is 43.4 Å². The predicted octanol–water partition coefficient (Wildman–Crippen LogP) is 2.96. The van der Waals surface area contributed by atoms with Gasteiger partial charge in [-0.05, 0) is 25.9 Å². The molecule has 2 rings (SSSR count). The highest BCUT2D eigenvalue weighted by atomic mass is 16.5. The molecule has 1 aromatic rings. The van der Waals surface area contributed by atoms with Crippen LogP contribution in [0.25, 0.3) is 0 Å². The molecule has 1 atom stereocenters. The summed E-state index contributed by atoms with van der Waals surface area (Å²) >= 11 is 0. The summed E-state index contributed by atoms with van der Waals surface area (Å²) in [5.74, 6) is 1.42. The predicted molar refractivity (Wildman–Crippen MR) is 114 cm³/mol. The molecule has 0 radical (unpaired) electrons. The van der Waals surface area contributed by atoms with Crippen molar-refractivity contribution in [1.82, 2.24) is 25.4 Å². The number of carbonyl (C=O) groups excluding carboxylic acids is 2. The average molecular weight is 426 g/mol. The van der Waals surface area contributed by atoms with Crippen molar-refractivity contribution in [3.63, 3.8) is 0 Å². The zero-order chi connectivity index (χ0) is 22.4. The highest BCUT2D eigenvalue weighted by Gasteiger charge is 2.23. The maximum absolute atomic E-state index is 11.6. The molecule has 9 nitrogen and oxygen atoms in total. The van der Waals surface area contributed by atoms with Gasteiger partial charge in [-0.2, -0.15) is 4.98 Å². The Morgan fingerprint density at radius 3 is 2.53 bits per heavy atom. The third-order valence-corrected chi connectivity index (χ3v) is 5.44. The van der Waals surface area contributed by atoms with Crippen LogP contribution >= 0.6 is 0 Å². The molecule has 30 heavy (non-hydrogen) atoms. The molecular formula is C21H39N5O4. The zero-order valence-corrected chi connectivity index (χ0v) is 19.0. The summed E-state index contributed by atoms with van der Waals surface area (Å²) in [5, 5.41) is 12.9. The van der Waals surface area contributed by atoms with Gasteiger partial charge in [0.2, 0.25) is 18.2 Å². The number of carbonyl (C=O) groups is 2. The Bertz CT molecular complexity index is 602. The largest absolute Gasteiger partial charge is 0.351 e. The number of hydrogen-bond acceptors (Lipinski definition) is 7. The molecule has 0 aliphatic heterocycles. The van der Waals surface area contributed by atoms with E-state index < -0.39 is 5.91 Å². The van der Waals surface area contributed by atoms with Crippen LogP contribution in [0.15, 0.2) is 4.52 Å². The average Bonchev–Trinajstić information content (AvgIpc) is 3.22. The molecule has 1 saturated carbocycles. The number of aromatic nitrogens is 2. The van der Waals surface area contributed by atoms with Crippen LogP contribution in [0.4, 0.5) is 0 Å². The second-order valence-corrected chi connectivity index (χ2v) is 8.32. The summed E-state index contributed by atoms with van der Waals surface area (Å²) in [5.41, 5.74) is 1.72. The first-order chi connectivity index (χ1) is 14.4. The number of hydroxylamine groups is 1. The van der Waals surface area contributed by atoms with Crippen molar-refractivity contribution in [2.24, 2.45) is 5.92 Å². The van der Waals surface area contributed by atoms with E-state index in [4.69, 9.17) is 9.73 Å². The third-order valence-electron chi connectivity index (χ3n) is 5.44. The first-order valence-electron chi connectivity index (χ1n) is 10.9. The van der Waals surface area contributed by atoms with Gasteiger partial charge in [0.25, 0.3) is 0 Å². The molecule has 1 aliphatic rings. The van der Waals surface area contributed by atoms with Crippen LogP contribution < -0.4 is 5.48 Å². The van der Waals surface area contributed by atoms with Gasteiger partial charge in [-0.25, -0.2) is 5.48 Å². The summed E-state index contributed by atoms with van der Waals surface area (Å²) in [6.07, 6.45) is 10.7. The molecule has 1 aliphatic carbocycles. The molecule has 9 heteroatoms. The summed E-state index contributed by atoms with van der Waals surface area (Å²) < 4.78 is 5.41. The maximum atomic E-state index is 11.6. The van der Waals surface area contributed by atoms with Gasteiger partial charge < -0.3 is 9.42 Å². The lowest BCUT2D eigenvalue weighted by atomic mass is 9.84. The second kappa shape index (κ2) is 14.9. The molecule has 0 unspecified atom stereocenters. The van der Waals surface area contributed by atoms with Gasteiger partial charge >= 0.3 is 0 Å². The van der Waals surface area contributed by atoms with Gasteiger partial charge in [0.05, 0.1) is 6.54 Å². The van der Waals surface area contributed by atoms with E-state index in [0.717, 1.165) is 31.7 Å². The minimum Gasteiger partial charge on any atom is -0.351 e. The summed E-state index contributed by atoms with van der Waals surface area (Å²) in [7, 11) is 5.37. The van der Waals surface area contributed by atoms with E-state index in [1.54, 1.807) is 19.6 Å². The smallest absolute Gasteiger partial charge is 0.244 e. The van der Waals surface area contributed by atoms with E-state index in [1.807, 2.05) is 7.05 Å². The highest BCUT2D eigenvalue weighted by Crippen LogP contribution is 2.31. The van der Waals surface area contributed by atoms with Crippen LogP contribution in [0.3, 0.4) is 0 Å². The Kier molecular flexibility index (Phi) is 12.9. The Hall–Kier alpha value is -2.00. The quantitative estimate of drug-likeness (QED) is 0.318. The molecule has 1 heterocycles. The van der Waals surface area contributed by atoms with E-state index in [9.17, 15) is 9.59 Å². The molecule has 0 saturated heterocycles. The molecule has 2 amide bonds. The van der Waals surface area contributed by atoms with Gasteiger partial charge in [0, 0.05) is 26.4 Å². The molecule has 172 valence electrons. The van der Waals surface area contributed by atoms with E-state index in [-0.39, 0.29) is 12.3 Å². The minimum atomic E-state index is -0.409. The van der Waals surface area contributed by atoms with Crippen LogP contribution in [-0.4, -0.2) is 65.2 Å². The molecule has 2 N–H and O–H groups in total. The standard InChI is InChI=1S/C18H32N4O3.C3H7NO/c1-3-22(2)13-16-19-18(25-21-16)15(12-17(23)20-24)11-7-10-14-8-5-4-6-9-14;1-4(2)3-5/h14-15,24H,3-13H2,1-2H3,(H,20,23);3H,1-2H3/t15-;/m1./s1. The zero-order valence-electron chi connectivity index (χ0n) is 19.0. The van der Waals surface area contributed by atoms with E-state index >= 15 is 0 Å². The van der Waals surface area contributed by atoms with Gasteiger partial charge in [-0.3, -0.25) is 19.7 Å². The number of rotatable bonds is 11. The van der Waals surface area contributed by atoms with Gasteiger partial charge in [-0.1, -0.05) is 57.0 Å². The van der Waals surface area contributed by atoms with Crippen molar-refractivity contribution < 1.29 is 19.3 Å². The summed E-state index contributed by atoms with van der Waals surface area (Å²) in [6.45, 7) is 3.60. The van der Waals surface area contributed by atoms with Crippen molar-refractivity contribution in [1.29, 1.82) is 0 Å². The first kappa shape index (κ1) is 26.0. The van der Waals surface area contributed by atoms with Crippen molar-refractivity contribution in [3.05, 3.63) is 11.7 Å². The van der Waals surface area contributed by atoms with Crippen molar-refractivity contribution in [3.8, 4) is 0 Å². The third kappa shape index (κ3) is 10.7. The topological polar surface area (TPSA) is 112 Å². The van der Waals surface area contributed by atoms with Crippen LogP contribution in [0, 0.1) is 5.92 Å². The Balaban J connectivity index is 0.000000804. The Morgan fingerprint density at radius 1 is 1.30 bits per heavy atom. The molecule has 0 aromatic carbocycles. The fourth-order valence-electron chi connectivity index (χ4n) is 3.56. The summed E-state index contributed by atoms with van der Waals surface area (Å²) in [6, 6.07) is 0. The van der Waals surface area contributed by atoms with Gasteiger partial charge in [-0.15, -0.1) is 0 Å². The minimum absolute atomic E-state index is 0.135. The number of nitrogens with one attached hydrogen (secondary N) is 1. The molecule has 1 fully saturated rings. The molecule has 0 spiro atoms. The lowest BCUT2D eigenvalue weighted by molar-refractivity contribution is -0.129. The maximum Gasteiger partial charge on any atom is 0.244 e. The number of nitrogens with zero attached hydrogens (tertiary/aromatic N) is 4. The van der Waals surface area contributed by atoms with Crippen molar-refractivity contribution in [2.45, 2.75) is 77.2 Å². The Morgan fingerprint density at radius 2 is 1.97 bits per heavy atom. The van der Waals surface area contributed by atoms with Gasteiger partial charge in [0.15, 0.2) is 5.82 Å². The fraction of sp³-hybridized carbons (Fsp3) is 0.810. The van der Waals surface area contributed by atoms with Crippen LogP contribution in [0.2, 0.25) is 0 Å². The highest BCUT2D eigenvalue weighted by molar-refractivity contribution is 5.75. The van der Waals surface area contributed by atoms with Crippen LogP contribution in [0.5, 0.6) is 0 Å². The van der Waals surface area contributed by atoms with Gasteiger partial charge in [0.1, 0.15) is 0 Å². The van der Waals surface area contributed by atoms with Crippen LogP contribution in [-0.2, 0) is 16.1 Å². The Labute approximate surface area is 180 Å². The van der Waals surface area contributed by atoms with E-state index in [0.29, 0.717) is 18.3 Å². The van der Waals surface area contributed by atoms with Crippen molar-refractivity contribution >= 4 is 12.3 Å². The number of hydrogen-bond donors (Lipinski definition) is 2. The monoisotopic (exact) mass is 425 g/mol. The molecular weight excluding hydrogens is 386 g/mol. The molecule has 0 bridgehead atoms. The molecule has 1 aromatic heterocycles. The fourth-order valence-corrected chi connectivity index (χ4v) is 3.56. The van der Waals surface area contributed by atoms with E-state index in [2.05, 4.69) is 22.0 Å². The van der Waals surface area contributed by atoms with Crippen molar-refractivity contribution in [2.75, 3.05) is 27.7 Å². The first-order valence-corrected chi connectivity index (χ1v) is 10.9. The summed E-state index contributed by atoms with van der Waals surface area (Å²) in [4.78, 5) is 29.1. The lowest BCUT2D eigenvalue weighted by Crippen LogP contribution is -2.21. The lowest BCUT2D eigenvalue weighted by Gasteiger charge is -2.22. The number of amides is 2. The van der Waals surface area contributed by atoms with Crippen LogP contribution in [0.1, 0.15) is 82.3 Å². The normalized spacial score (nSPS) is 15.3.